The average Bonchev–Trinajstić information content (AvgIpc) is 0.788. The smallest absolute Gasteiger partial charge is 0.313 e. The predicted octanol–water partition coefficient (Wildman–Crippen LogP) is 10.2. The first-order valence-corrected chi connectivity index (χ1v) is 32.3. The number of nitrogens with one attached hydrogen (secondary N) is 4. The maximum absolute atomic E-state index is 14.2. The number of rotatable bonds is 18. The highest BCUT2D eigenvalue weighted by molar-refractivity contribution is 6.40. The van der Waals surface area contributed by atoms with Crippen molar-refractivity contribution < 1.29 is 102 Å². The van der Waals surface area contributed by atoms with Crippen molar-refractivity contribution >= 4 is 70.3 Å². The van der Waals surface area contributed by atoms with Crippen LogP contribution in [0.2, 0.25) is 0 Å². The summed E-state index contributed by atoms with van der Waals surface area (Å²) in [7, 11) is 0. The van der Waals surface area contributed by atoms with Gasteiger partial charge in [0.2, 0.25) is 35.1 Å². The second-order valence-corrected chi connectivity index (χ2v) is 27.9. The number of carboxylic acids is 1. The number of carboxylic acid groups (broad SMARTS) is 1. The summed E-state index contributed by atoms with van der Waals surface area (Å²) in [6.07, 6.45) is 3.86. The van der Waals surface area contributed by atoms with E-state index in [1.54, 1.807) is 45.0 Å². The molecule has 4 aromatic carbocycles. The third-order valence-corrected chi connectivity index (χ3v) is 17.8. The summed E-state index contributed by atoms with van der Waals surface area (Å²) < 4.78 is 126. The van der Waals surface area contributed by atoms with Crippen LogP contribution in [-0.2, 0) is 63.5 Å². The first-order valence-electron chi connectivity index (χ1n) is 32.3. The molecule has 4 fully saturated rings. The zero-order chi connectivity index (χ0) is 72.5. The molecule has 0 aromatic heterocycles. The quantitative estimate of drug-likeness (QED) is 0.0268. The molecule has 98 heavy (non-hydrogen) atoms. The highest BCUT2D eigenvalue weighted by Crippen LogP contribution is 2.42. The lowest BCUT2D eigenvalue weighted by Crippen LogP contribution is -2.58. The summed E-state index contributed by atoms with van der Waals surface area (Å²) >= 11 is 0. The molecule has 20 nitrogen and oxygen atoms in total. The Morgan fingerprint density at radius 3 is 1.19 bits per heavy atom. The van der Waals surface area contributed by atoms with Crippen LogP contribution in [0.15, 0.2) is 60.7 Å². The number of Topliss-reactive ketones (excluding diaryl/α,β-unsaturated/α-hetero) is 2. The van der Waals surface area contributed by atoms with Gasteiger partial charge in [-0.1, -0.05) is 104 Å². The van der Waals surface area contributed by atoms with Gasteiger partial charge in [0.1, 0.15) is 30.9 Å². The van der Waals surface area contributed by atoms with E-state index >= 15 is 0 Å². The SMILES string of the molecule is CC(C)(C)OC(=O)C[C@H](NC(=O)[C@@H]1CCN(C(=O)C(=O)Nc2ccccc2C(C)(C)C)C2CCCCC21)C(=O)COc1c(F)c(F)cc(F)c1F.CC(C)(C)c1ccccc1NC(=O)C(=O)N1CC[C@@H](C(=O)N[C@@H](CC(=O)O)C(=O)COc2c(F)c(F)cc(F)c2F)C2CCCCC21. The third-order valence-electron chi connectivity index (χ3n) is 17.8. The number of nitrogens with zero attached hydrogens (tertiary/aromatic N) is 2. The fraction of sp³-hybridized carbons (Fsp3) is 0.514. The number of carbonyl (C=O) groups is 10. The lowest BCUT2D eigenvalue weighted by molar-refractivity contribution is -0.157. The van der Waals surface area contributed by atoms with Gasteiger partial charge in [0.05, 0.1) is 12.8 Å². The number of fused-ring (bicyclic) bond motifs is 2. The van der Waals surface area contributed by atoms with Gasteiger partial charge in [0.25, 0.3) is 0 Å². The monoisotopic (exact) mass is 1380 g/mol. The molecule has 532 valence electrons. The van der Waals surface area contributed by atoms with Gasteiger partial charge in [-0.05, 0) is 105 Å². The van der Waals surface area contributed by atoms with Gasteiger partial charge in [0, 0.05) is 60.5 Å². The lowest BCUT2D eigenvalue weighted by Gasteiger charge is -2.47. The van der Waals surface area contributed by atoms with Gasteiger partial charge in [-0.2, -0.15) is 17.6 Å². The lowest BCUT2D eigenvalue weighted by atomic mass is 9.71. The number of benzene rings is 4. The molecule has 2 saturated heterocycles. The highest BCUT2D eigenvalue weighted by Gasteiger charge is 2.48. The van der Waals surface area contributed by atoms with Gasteiger partial charge in [-0.3, -0.25) is 47.9 Å². The fourth-order valence-corrected chi connectivity index (χ4v) is 13.2. The standard InChI is InChI=1S/C37H45F4N3O7.C33H37F4N3O7/c1-36(2,3)22-12-8-9-13-25(22)42-34(48)35(49)44-16-15-21(20-11-7-10-14-27(20)44)33(47)43-26(18-29(46)51-37(4,5)6)28(45)19-50-32-30(40)23(38)17-24(39)31(32)41;1-33(2,3)19-9-5-6-10-22(19)38-31(45)32(46)40-13-12-18(17-8-4-7-11-24(17)40)30(44)39-23(15-26(42)43)25(41)16-47-29-27(36)20(34)14-21(35)28(29)37/h8-9,12-13,17,20-21,26-27H,7,10-11,14-16,18-19H2,1-6H3,(H,42,48)(H,43,47);5-6,9-10,14,17-18,23-24H,4,7-8,11-13,15-16H2,1-3H3,(H,38,45)(H,39,44)(H,42,43)/t20?,21-,26+,27?;17?,18-,23+,24?/m11/s1. The minimum absolute atomic E-state index is 0.0131. The van der Waals surface area contributed by atoms with E-state index in [9.17, 15) is 88.2 Å². The molecule has 2 aliphatic heterocycles. The number of amides is 6. The summed E-state index contributed by atoms with van der Waals surface area (Å²) in [5.74, 6) is -28.5. The Balaban J connectivity index is 0.000000277. The van der Waals surface area contributed by atoms with Crippen molar-refractivity contribution in [1.29, 1.82) is 0 Å². The van der Waals surface area contributed by atoms with Crippen LogP contribution in [0, 0.1) is 70.2 Å². The van der Waals surface area contributed by atoms with E-state index in [-0.39, 0.29) is 54.8 Å². The largest absolute Gasteiger partial charge is 0.481 e. The predicted molar refractivity (Wildman–Crippen MR) is 339 cm³/mol. The molecule has 5 N–H and O–H groups in total. The molecule has 0 radical (unpaired) electrons. The van der Waals surface area contributed by atoms with Crippen molar-refractivity contribution in [2.75, 3.05) is 36.9 Å². The number of ether oxygens (including phenoxy) is 3. The van der Waals surface area contributed by atoms with Crippen LogP contribution < -0.4 is 30.7 Å². The second-order valence-electron chi connectivity index (χ2n) is 27.9. The molecule has 6 amide bonds. The van der Waals surface area contributed by atoms with Gasteiger partial charge in [-0.25, -0.2) is 17.6 Å². The fourth-order valence-electron chi connectivity index (χ4n) is 13.2. The Hall–Kier alpha value is -8.98. The average molecular weight is 1380 g/mol. The second kappa shape index (κ2) is 32.1. The van der Waals surface area contributed by atoms with E-state index in [2.05, 4.69) is 21.3 Å². The van der Waals surface area contributed by atoms with E-state index in [0.29, 0.717) is 37.1 Å². The van der Waals surface area contributed by atoms with Crippen molar-refractivity contribution in [2.45, 2.75) is 180 Å². The number of esters is 1. The Morgan fingerprint density at radius 1 is 0.500 bits per heavy atom. The number of piperidine rings is 2. The molecule has 2 saturated carbocycles. The van der Waals surface area contributed by atoms with Crippen molar-refractivity contribution in [1.82, 2.24) is 20.4 Å². The van der Waals surface area contributed by atoms with E-state index < -0.39 is 191 Å². The molecule has 0 spiro atoms. The number of para-hydroxylation sites is 2. The number of halogens is 8. The maximum Gasteiger partial charge on any atom is 0.313 e. The summed E-state index contributed by atoms with van der Waals surface area (Å²) in [6, 6.07) is 10.2. The van der Waals surface area contributed by atoms with Crippen LogP contribution in [-0.4, -0.2) is 130 Å². The molecule has 2 aliphatic carbocycles. The van der Waals surface area contributed by atoms with Gasteiger partial charge >= 0.3 is 35.6 Å². The third kappa shape index (κ3) is 19.0. The summed E-state index contributed by atoms with van der Waals surface area (Å²) in [5.41, 5.74) is 1.19. The minimum atomic E-state index is -1.88. The van der Waals surface area contributed by atoms with Crippen molar-refractivity contribution in [3.63, 3.8) is 0 Å². The molecule has 4 aromatic rings. The molecular weight excluding hydrogens is 1300 g/mol. The topological polar surface area (TPSA) is 273 Å². The van der Waals surface area contributed by atoms with Crippen LogP contribution in [0.3, 0.4) is 0 Å². The van der Waals surface area contributed by atoms with Crippen LogP contribution >= 0.6 is 0 Å². The van der Waals surface area contributed by atoms with Crippen LogP contribution in [0.1, 0.15) is 150 Å². The van der Waals surface area contributed by atoms with Crippen molar-refractivity contribution in [2.24, 2.45) is 23.7 Å². The first-order chi connectivity index (χ1) is 45.9. The van der Waals surface area contributed by atoms with Gasteiger partial charge in [-0.15, -0.1) is 0 Å². The molecule has 28 heteroatoms. The number of hydrogen-bond donors (Lipinski definition) is 5. The number of carbonyl (C=O) groups excluding carboxylic acids is 9. The molecular formula is C70H82F8N6O14. The van der Waals surface area contributed by atoms with Crippen molar-refractivity contribution in [3.05, 3.63) is 118 Å². The maximum atomic E-state index is 14.2. The molecule has 8 atom stereocenters. The molecule has 2 heterocycles. The Labute approximate surface area is 561 Å². The van der Waals surface area contributed by atoms with Crippen LogP contribution in [0.4, 0.5) is 46.5 Å². The van der Waals surface area contributed by atoms with Crippen molar-refractivity contribution in [3.8, 4) is 11.5 Å². The molecule has 0 bridgehead atoms. The van der Waals surface area contributed by atoms with E-state index in [4.69, 9.17) is 14.2 Å². The minimum Gasteiger partial charge on any atom is -0.481 e. The molecule has 8 rings (SSSR count). The Bertz CT molecular complexity index is 3650. The zero-order valence-corrected chi connectivity index (χ0v) is 55.9. The molecule has 4 unspecified atom stereocenters. The number of anilines is 2. The van der Waals surface area contributed by atoms with Gasteiger partial charge < -0.3 is 50.4 Å². The summed E-state index contributed by atoms with van der Waals surface area (Å²) in [6.45, 7) is 14.5. The number of likely N-dealkylation sites (tertiary alicyclic amines) is 2. The van der Waals surface area contributed by atoms with Crippen LogP contribution in [0.5, 0.6) is 11.5 Å². The first kappa shape index (κ1) is 76.4. The molecule has 4 aliphatic rings. The normalized spacial score (nSPS) is 19.9. The number of ketones is 2. The van der Waals surface area contributed by atoms with E-state index in [1.165, 1.54) is 9.80 Å². The van der Waals surface area contributed by atoms with E-state index in [1.807, 2.05) is 65.8 Å². The van der Waals surface area contributed by atoms with Gasteiger partial charge in [0.15, 0.2) is 46.3 Å². The summed E-state index contributed by atoms with van der Waals surface area (Å²) in [4.78, 5) is 134. The number of aliphatic carboxylic acids is 1. The Morgan fingerprint density at radius 2 is 0.847 bits per heavy atom. The van der Waals surface area contributed by atoms with Crippen LogP contribution in [0.25, 0.3) is 0 Å². The summed E-state index contributed by atoms with van der Waals surface area (Å²) in [5, 5.41) is 19.8. The Kier molecular flexibility index (Phi) is 25.0. The highest BCUT2D eigenvalue weighted by atomic mass is 19.2. The number of hydrogen-bond acceptors (Lipinski definition) is 13. The zero-order valence-electron chi connectivity index (χ0n) is 55.9. The van der Waals surface area contributed by atoms with E-state index in [0.717, 1.165) is 36.8 Å².